The number of halogens is 1. The van der Waals surface area contributed by atoms with Crippen LogP contribution < -0.4 is 0 Å². The van der Waals surface area contributed by atoms with E-state index in [1.807, 2.05) is 19.1 Å². The van der Waals surface area contributed by atoms with Crippen molar-refractivity contribution in [3.8, 4) is 0 Å². The van der Waals surface area contributed by atoms with Gasteiger partial charge in [0, 0.05) is 10.6 Å². The first-order chi connectivity index (χ1) is 9.15. The summed E-state index contributed by atoms with van der Waals surface area (Å²) in [5.74, 6) is -0.204. The molecule has 0 amide bonds. The van der Waals surface area contributed by atoms with Crippen molar-refractivity contribution in [2.45, 2.75) is 6.92 Å². The van der Waals surface area contributed by atoms with Crippen LogP contribution in [0.2, 0.25) is 5.02 Å². The van der Waals surface area contributed by atoms with Crippen LogP contribution in [0.1, 0.15) is 15.9 Å². The zero-order valence-electron chi connectivity index (χ0n) is 10.2. The van der Waals surface area contributed by atoms with Crippen LogP contribution in [0.5, 0.6) is 0 Å². The van der Waals surface area contributed by atoms with Crippen molar-refractivity contribution in [2.75, 3.05) is 0 Å². The van der Waals surface area contributed by atoms with Gasteiger partial charge < -0.3 is 0 Å². The predicted molar refractivity (Wildman–Crippen MR) is 73.4 cm³/mol. The quantitative estimate of drug-likeness (QED) is 0.683. The van der Waals surface area contributed by atoms with Gasteiger partial charge in [0.15, 0.2) is 0 Å². The molecule has 0 aliphatic rings. The molecule has 0 aliphatic heterocycles. The fourth-order valence-electron chi connectivity index (χ4n) is 1.87. The van der Waals surface area contributed by atoms with Crippen molar-refractivity contribution in [3.05, 3.63) is 58.6 Å². The van der Waals surface area contributed by atoms with Gasteiger partial charge in [0.05, 0.1) is 5.52 Å². The highest BCUT2D eigenvalue weighted by Gasteiger charge is 2.13. The average molecular weight is 272 g/mol. The Morgan fingerprint density at radius 2 is 1.89 bits per heavy atom. The Bertz CT molecular complexity index is 762. The Labute approximate surface area is 114 Å². The third kappa shape index (κ3) is 2.11. The maximum absolute atomic E-state index is 12.3. The molecule has 0 saturated heterocycles. The predicted octanol–water partition coefficient (Wildman–Crippen LogP) is 3.08. The van der Waals surface area contributed by atoms with Crippen LogP contribution in [0.15, 0.2) is 42.5 Å². The first-order valence-electron chi connectivity index (χ1n) is 5.77. The molecule has 2 aromatic carbocycles. The highest BCUT2D eigenvalue weighted by Crippen LogP contribution is 2.18. The zero-order valence-corrected chi connectivity index (χ0v) is 10.9. The van der Waals surface area contributed by atoms with E-state index in [1.165, 1.54) is 4.68 Å². The Morgan fingerprint density at radius 3 is 2.63 bits per heavy atom. The molecule has 1 aromatic heterocycles. The second-order valence-corrected chi connectivity index (χ2v) is 4.74. The van der Waals surface area contributed by atoms with E-state index in [9.17, 15) is 4.79 Å². The molecule has 19 heavy (non-hydrogen) atoms. The normalized spacial score (nSPS) is 10.8. The highest BCUT2D eigenvalue weighted by atomic mass is 35.5. The molecule has 0 atom stereocenters. The molecule has 94 valence electrons. The number of hydrogen-bond acceptors (Lipinski definition) is 3. The first kappa shape index (κ1) is 11.9. The van der Waals surface area contributed by atoms with Gasteiger partial charge >= 0.3 is 0 Å². The molecule has 0 unspecified atom stereocenters. The number of nitrogens with zero attached hydrogens (tertiary/aromatic N) is 3. The summed E-state index contributed by atoms with van der Waals surface area (Å²) in [5.41, 5.74) is 2.93. The van der Waals surface area contributed by atoms with Gasteiger partial charge in [-0.05, 0) is 37.3 Å². The first-order valence-corrected chi connectivity index (χ1v) is 6.15. The summed E-state index contributed by atoms with van der Waals surface area (Å²) in [6.45, 7) is 1.97. The molecule has 0 radical (unpaired) electrons. The summed E-state index contributed by atoms with van der Waals surface area (Å²) >= 11 is 5.88. The molecule has 4 nitrogen and oxygen atoms in total. The van der Waals surface area contributed by atoms with E-state index in [-0.39, 0.29) is 5.91 Å². The minimum absolute atomic E-state index is 0.204. The summed E-state index contributed by atoms with van der Waals surface area (Å²) in [4.78, 5) is 12.3. The smallest absolute Gasteiger partial charge is 0.267 e. The summed E-state index contributed by atoms with van der Waals surface area (Å²) in [6.07, 6.45) is 0. The van der Waals surface area contributed by atoms with Crippen LogP contribution >= 0.6 is 11.6 Å². The van der Waals surface area contributed by atoms with Crippen LogP contribution in [-0.2, 0) is 0 Å². The summed E-state index contributed by atoms with van der Waals surface area (Å²) in [6, 6.07) is 12.5. The number of carbonyl (C=O) groups excluding carboxylic acids is 1. The highest BCUT2D eigenvalue weighted by molar-refractivity contribution is 6.31. The number of fused-ring (bicyclic) bond motifs is 1. The van der Waals surface area contributed by atoms with E-state index in [0.717, 1.165) is 5.56 Å². The minimum atomic E-state index is -0.204. The monoisotopic (exact) mass is 271 g/mol. The topological polar surface area (TPSA) is 47.8 Å². The number of hydrogen-bond donors (Lipinski definition) is 0. The van der Waals surface area contributed by atoms with Gasteiger partial charge in [-0.25, -0.2) is 0 Å². The van der Waals surface area contributed by atoms with Gasteiger partial charge in [-0.3, -0.25) is 4.79 Å². The van der Waals surface area contributed by atoms with E-state index in [0.29, 0.717) is 21.6 Å². The molecule has 0 fully saturated rings. The largest absolute Gasteiger partial charge is 0.280 e. The molecule has 3 rings (SSSR count). The maximum atomic E-state index is 12.3. The second kappa shape index (κ2) is 4.48. The summed E-state index contributed by atoms with van der Waals surface area (Å²) < 4.78 is 1.29. The van der Waals surface area contributed by atoms with E-state index < -0.39 is 0 Å². The van der Waals surface area contributed by atoms with Crippen molar-refractivity contribution >= 4 is 28.5 Å². The third-order valence-electron chi connectivity index (χ3n) is 2.90. The van der Waals surface area contributed by atoms with Crippen molar-refractivity contribution < 1.29 is 4.79 Å². The molecule has 0 aliphatic carbocycles. The lowest BCUT2D eigenvalue weighted by Crippen LogP contribution is -2.13. The number of benzene rings is 2. The molecule has 0 spiro atoms. The Balaban J connectivity index is 2.09. The van der Waals surface area contributed by atoms with E-state index in [4.69, 9.17) is 11.6 Å². The fraction of sp³-hybridized carbons (Fsp3) is 0.0714. The zero-order chi connectivity index (χ0) is 13.4. The van der Waals surface area contributed by atoms with Gasteiger partial charge in [0.1, 0.15) is 5.52 Å². The fourth-order valence-corrected chi connectivity index (χ4v) is 2.03. The minimum Gasteiger partial charge on any atom is -0.267 e. The lowest BCUT2D eigenvalue weighted by atomic mass is 10.1. The molecule has 1 heterocycles. The standard InChI is InChI=1S/C14H10ClN3O/c1-9-2-4-10(5-3-9)14(19)18-13-7-6-11(15)8-12(13)16-17-18/h2-8H,1H3. The molecule has 5 heteroatoms. The van der Waals surface area contributed by atoms with Crippen LogP contribution in [0.3, 0.4) is 0 Å². The lowest BCUT2D eigenvalue weighted by molar-refractivity contribution is 0.0948. The van der Waals surface area contributed by atoms with Gasteiger partial charge in [0.25, 0.3) is 5.91 Å². The Kier molecular flexibility index (Phi) is 2.80. The molecular formula is C14H10ClN3O. The summed E-state index contributed by atoms with van der Waals surface area (Å²) in [7, 11) is 0. The van der Waals surface area contributed by atoms with Gasteiger partial charge in [-0.2, -0.15) is 4.68 Å². The Morgan fingerprint density at radius 1 is 1.16 bits per heavy atom. The number of aromatic nitrogens is 3. The second-order valence-electron chi connectivity index (χ2n) is 4.31. The lowest BCUT2D eigenvalue weighted by Gasteiger charge is -2.01. The van der Waals surface area contributed by atoms with Crippen LogP contribution in [0, 0.1) is 6.92 Å². The van der Waals surface area contributed by atoms with Crippen molar-refractivity contribution in [2.24, 2.45) is 0 Å². The molecular weight excluding hydrogens is 262 g/mol. The van der Waals surface area contributed by atoms with Crippen molar-refractivity contribution in [3.63, 3.8) is 0 Å². The van der Waals surface area contributed by atoms with Gasteiger partial charge in [-0.1, -0.05) is 34.5 Å². The Hall–Kier alpha value is -2.20. The molecule has 0 N–H and O–H groups in total. The molecule has 3 aromatic rings. The number of rotatable bonds is 1. The maximum Gasteiger partial charge on any atom is 0.280 e. The van der Waals surface area contributed by atoms with Crippen molar-refractivity contribution in [1.82, 2.24) is 15.0 Å². The average Bonchev–Trinajstić information content (AvgIpc) is 2.81. The third-order valence-corrected chi connectivity index (χ3v) is 3.13. The molecule has 0 saturated carbocycles. The van der Waals surface area contributed by atoms with E-state index in [1.54, 1.807) is 30.3 Å². The van der Waals surface area contributed by atoms with Crippen LogP contribution in [0.25, 0.3) is 11.0 Å². The summed E-state index contributed by atoms with van der Waals surface area (Å²) in [5, 5.41) is 8.42. The number of aryl methyl sites for hydroxylation is 1. The van der Waals surface area contributed by atoms with Gasteiger partial charge in [-0.15, -0.1) is 5.10 Å². The van der Waals surface area contributed by atoms with E-state index >= 15 is 0 Å². The van der Waals surface area contributed by atoms with Crippen LogP contribution in [0.4, 0.5) is 0 Å². The number of carbonyl (C=O) groups is 1. The van der Waals surface area contributed by atoms with Crippen LogP contribution in [-0.4, -0.2) is 20.9 Å². The van der Waals surface area contributed by atoms with Crippen molar-refractivity contribution in [1.29, 1.82) is 0 Å². The molecule has 0 bridgehead atoms. The van der Waals surface area contributed by atoms with E-state index in [2.05, 4.69) is 10.3 Å². The SMILES string of the molecule is Cc1ccc(C(=O)n2nnc3cc(Cl)ccc32)cc1. The van der Waals surface area contributed by atoms with Gasteiger partial charge in [0.2, 0.25) is 0 Å².